The number of hydrogen-bond donors (Lipinski definition) is 1. The van der Waals surface area contributed by atoms with Gasteiger partial charge in [-0.2, -0.15) is 4.31 Å². The third-order valence-corrected chi connectivity index (χ3v) is 6.28. The summed E-state index contributed by atoms with van der Waals surface area (Å²) in [4.78, 5) is 12.3. The summed E-state index contributed by atoms with van der Waals surface area (Å²) in [6.45, 7) is 3.65. The molecule has 1 aliphatic heterocycles. The Morgan fingerprint density at radius 3 is 2.35 bits per heavy atom. The summed E-state index contributed by atoms with van der Waals surface area (Å²) in [6.07, 6.45) is -1.12. The second-order valence-electron chi connectivity index (χ2n) is 6.19. The standard InChI is InChI=1S/C19H21NO5S/c1-3-25-19(22)17-16(18(21)14-7-5-4-6-8-14)20(17)26(23,24)15-11-9-13(2)10-12-15/h4-12,16-18,21H,3H2,1-2H3/t16-,17-,18+,20?/m0/s1. The Labute approximate surface area is 153 Å². The van der Waals surface area contributed by atoms with E-state index in [1.165, 1.54) is 12.1 Å². The highest BCUT2D eigenvalue weighted by atomic mass is 32.2. The third-order valence-electron chi connectivity index (χ3n) is 4.39. The van der Waals surface area contributed by atoms with Crippen molar-refractivity contribution in [1.29, 1.82) is 0 Å². The smallest absolute Gasteiger partial charge is 0.326 e. The molecular formula is C19H21NO5S. The summed E-state index contributed by atoms with van der Waals surface area (Å²) in [6, 6.07) is 13.2. The summed E-state index contributed by atoms with van der Waals surface area (Å²) in [5, 5.41) is 10.7. The lowest BCUT2D eigenvalue weighted by atomic mass is 10.1. The molecule has 1 aliphatic rings. The molecule has 3 rings (SSSR count). The lowest BCUT2D eigenvalue weighted by molar-refractivity contribution is -0.143. The van der Waals surface area contributed by atoms with Crippen molar-refractivity contribution in [1.82, 2.24) is 4.31 Å². The van der Waals surface area contributed by atoms with Crippen LogP contribution in [0.3, 0.4) is 0 Å². The highest BCUT2D eigenvalue weighted by Crippen LogP contribution is 2.43. The molecule has 2 aromatic carbocycles. The first-order chi connectivity index (χ1) is 12.4. The molecule has 0 radical (unpaired) electrons. The summed E-state index contributed by atoms with van der Waals surface area (Å²) in [5.41, 5.74) is 1.48. The molecule has 1 saturated heterocycles. The average Bonchev–Trinajstić information content (AvgIpc) is 3.39. The lowest BCUT2D eigenvalue weighted by Crippen LogP contribution is -2.21. The maximum atomic E-state index is 13.0. The second kappa shape index (κ2) is 7.19. The maximum Gasteiger partial charge on any atom is 0.326 e. The lowest BCUT2D eigenvalue weighted by Gasteiger charge is -2.11. The first-order valence-electron chi connectivity index (χ1n) is 8.37. The van der Waals surface area contributed by atoms with Crippen LogP contribution in [0.1, 0.15) is 24.2 Å². The molecule has 1 unspecified atom stereocenters. The van der Waals surface area contributed by atoms with Crippen molar-refractivity contribution < 1.29 is 23.1 Å². The predicted octanol–water partition coefficient (Wildman–Crippen LogP) is 2.03. The van der Waals surface area contributed by atoms with Crippen LogP contribution < -0.4 is 0 Å². The monoisotopic (exact) mass is 375 g/mol. The van der Waals surface area contributed by atoms with Gasteiger partial charge in [-0.05, 0) is 31.5 Å². The van der Waals surface area contributed by atoms with Crippen molar-refractivity contribution in [2.45, 2.75) is 36.9 Å². The largest absolute Gasteiger partial charge is 0.465 e. The first kappa shape index (κ1) is 18.6. The number of carbonyl (C=O) groups excluding carboxylic acids is 1. The Morgan fingerprint density at radius 1 is 1.15 bits per heavy atom. The Kier molecular flexibility index (Phi) is 5.13. The van der Waals surface area contributed by atoms with E-state index in [-0.39, 0.29) is 11.5 Å². The number of rotatable bonds is 6. The molecule has 1 N–H and O–H groups in total. The van der Waals surface area contributed by atoms with Crippen molar-refractivity contribution in [3.8, 4) is 0 Å². The number of aryl methyl sites for hydroxylation is 1. The van der Waals surface area contributed by atoms with Crippen LogP contribution in [0.2, 0.25) is 0 Å². The van der Waals surface area contributed by atoms with E-state index in [9.17, 15) is 18.3 Å². The van der Waals surface area contributed by atoms with Gasteiger partial charge in [-0.25, -0.2) is 8.42 Å². The summed E-state index contributed by atoms with van der Waals surface area (Å²) in [7, 11) is -3.92. The fraction of sp³-hybridized carbons (Fsp3) is 0.316. The van der Waals surface area contributed by atoms with E-state index < -0.39 is 34.2 Å². The van der Waals surface area contributed by atoms with Gasteiger partial charge >= 0.3 is 5.97 Å². The van der Waals surface area contributed by atoms with Gasteiger partial charge in [0.25, 0.3) is 0 Å². The van der Waals surface area contributed by atoms with Gasteiger partial charge < -0.3 is 9.84 Å². The van der Waals surface area contributed by atoms with Gasteiger partial charge in [-0.3, -0.25) is 4.79 Å². The van der Waals surface area contributed by atoms with Crippen LogP contribution in [0.5, 0.6) is 0 Å². The van der Waals surface area contributed by atoms with E-state index in [0.717, 1.165) is 9.87 Å². The molecule has 6 nitrogen and oxygen atoms in total. The fourth-order valence-corrected chi connectivity index (χ4v) is 4.73. The van der Waals surface area contributed by atoms with Crippen molar-refractivity contribution in [3.63, 3.8) is 0 Å². The molecule has 0 amide bonds. The number of hydrogen-bond acceptors (Lipinski definition) is 5. The second-order valence-corrected chi connectivity index (χ2v) is 8.03. The molecule has 0 bridgehead atoms. The van der Waals surface area contributed by atoms with Crippen LogP contribution in [0.15, 0.2) is 59.5 Å². The van der Waals surface area contributed by atoms with Crippen LogP contribution in [-0.2, 0) is 19.6 Å². The van der Waals surface area contributed by atoms with Crippen LogP contribution in [0, 0.1) is 6.92 Å². The van der Waals surface area contributed by atoms with Crippen molar-refractivity contribution in [2.75, 3.05) is 6.61 Å². The summed E-state index contributed by atoms with van der Waals surface area (Å²) in [5.74, 6) is -0.650. The van der Waals surface area contributed by atoms with Crippen LogP contribution >= 0.6 is 0 Å². The minimum absolute atomic E-state index is 0.0835. The first-order valence-corrected chi connectivity index (χ1v) is 9.81. The number of benzene rings is 2. The number of ether oxygens (including phenoxy) is 1. The highest BCUT2D eigenvalue weighted by molar-refractivity contribution is 7.89. The van der Waals surface area contributed by atoms with Gasteiger partial charge in [-0.15, -0.1) is 0 Å². The molecule has 2 aromatic rings. The SMILES string of the molecule is CCOC(=O)[C@@H]1[C@@H]([C@H](O)c2ccccc2)N1S(=O)(=O)c1ccc(C)cc1. The zero-order valence-electron chi connectivity index (χ0n) is 14.6. The van der Waals surface area contributed by atoms with E-state index in [1.807, 2.05) is 6.92 Å². The minimum Gasteiger partial charge on any atom is -0.465 e. The van der Waals surface area contributed by atoms with Gasteiger partial charge in [0.1, 0.15) is 6.04 Å². The van der Waals surface area contributed by atoms with E-state index in [1.54, 1.807) is 49.4 Å². The summed E-state index contributed by atoms with van der Waals surface area (Å²) < 4.78 is 32.0. The zero-order valence-corrected chi connectivity index (χ0v) is 15.4. The Balaban J connectivity index is 1.94. The number of nitrogens with zero attached hydrogens (tertiary/aromatic N) is 1. The number of aliphatic hydroxyl groups is 1. The predicted molar refractivity (Wildman–Crippen MR) is 95.8 cm³/mol. The minimum atomic E-state index is -3.92. The highest BCUT2D eigenvalue weighted by Gasteiger charge is 2.63. The molecule has 7 heteroatoms. The molecule has 1 heterocycles. The van der Waals surface area contributed by atoms with E-state index in [4.69, 9.17) is 4.74 Å². The molecule has 26 heavy (non-hydrogen) atoms. The molecule has 4 atom stereocenters. The Morgan fingerprint density at radius 2 is 1.77 bits per heavy atom. The van der Waals surface area contributed by atoms with E-state index in [2.05, 4.69) is 0 Å². The molecule has 138 valence electrons. The van der Waals surface area contributed by atoms with Crippen molar-refractivity contribution >= 4 is 16.0 Å². The molecule has 1 fully saturated rings. The maximum absolute atomic E-state index is 13.0. The number of aliphatic hydroxyl groups excluding tert-OH is 1. The molecule has 0 spiro atoms. The van der Waals surface area contributed by atoms with E-state index >= 15 is 0 Å². The van der Waals surface area contributed by atoms with Crippen molar-refractivity contribution in [2.24, 2.45) is 0 Å². The zero-order chi connectivity index (χ0) is 18.9. The van der Waals surface area contributed by atoms with Gasteiger partial charge in [0.2, 0.25) is 10.0 Å². The molecule has 0 aromatic heterocycles. The average molecular weight is 375 g/mol. The third kappa shape index (κ3) is 3.38. The number of carbonyl (C=O) groups is 1. The van der Waals surface area contributed by atoms with Gasteiger partial charge in [-0.1, -0.05) is 48.0 Å². The normalized spacial score (nSPS) is 23.3. The number of esters is 1. The molecule has 0 saturated carbocycles. The Hall–Kier alpha value is -2.22. The van der Waals surface area contributed by atoms with Crippen LogP contribution in [-0.4, -0.2) is 42.5 Å². The van der Waals surface area contributed by atoms with Crippen LogP contribution in [0.4, 0.5) is 0 Å². The quantitative estimate of drug-likeness (QED) is 0.617. The van der Waals surface area contributed by atoms with E-state index in [0.29, 0.717) is 5.56 Å². The fourth-order valence-electron chi connectivity index (χ4n) is 3.00. The Bertz CT molecular complexity index is 880. The van der Waals surface area contributed by atoms with Crippen LogP contribution in [0.25, 0.3) is 0 Å². The number of sulfonamides is 1. The molecule has 0 aliphatic carbocycles. The summed E-state index contributed by atoms with van der Waals surface area (Å²) >= 11 is 0. The van der Waals surface area contributed by atoms with Gasteiger partial charge in [0.05, 0.1) is 23.6 Å². The van der Waals surface area contributed by atoms with Gasteiger partial charge in [0, 0.05) is 0 Å². The van der Waals surface area contributed by atoms with Gasteiger partial charge in [0.15, 0.2) is 0 Å². The molecular weight excluding hydrogens is 354 g/mol. The van der Waals surface area contributed by atoms with Crippen molar-refractivity contribution in [3.05, 3.63) is 65.7 Å². The topological polar surface area (TPSA) is 83.7 Å².